The summed E-state index contributed by atoms with van der Waals surface area (Å²) in [6.45, 7) is 0. The maximum atomic E-state index is 3.73. The van der Waals surface area contributed by atoms with Crippen molar-refractivity contribution in [1.29, 1.82) is 0 Å². The van der Waals surface area contributed by atoms with Gasteiger partial charge >= 0.3 is 0 Å². The Morgan fingerprint density at radius 3 is 2.50 bits per heavy atom. The second kappa shape index (κ2) is 4.08. The highest BCUT2D eigenvalue weighted by atomic mass is 14.9. The fraction of sp³-hybridized carbons (Fsp3) is 0.818. The molecule has 0 spiro atoms. The number of allylic oxidation sites excluding steroid dienone is 1. The Morgan fingerprint density at radius 1 is 1.00 bits per heavy atom. The van der Waals surface area contributed by atoms with E-state index in [9.17, 15) is 0 Å². The monoisotopic (exact) mass is 165 g/mol. The fourth-order valence-corrected chi connectivity index (χ4v) is 2.34. The average Bonchev–Trinajstić information content (AvgIpc) is 2.59. The van der Waals surface area contributed by atoms with E-state index in [0.29, 0.717) is 6.04 Å². The van der Waals surface area contributed by atoms with Crippen LogP contribution in [0.15, 0.2) is 12.2 Å². The van der Waals surface area contributed by atoms with Gasteiger partial charge < -0.3 is 5.32 Å². The van der Waals surface area contributed by atoms with Crippen LogP contribution in [-0.4, -0.2) is 12.1 Å². The molecule has 1 fully saturated rings. The second-order valence-electron chi connectivity index (χ2n) is 4.11. The van der Waals surface area contributed by atoms with Crippen LogP contribution in [-0.2, 0) is 0 Å². The van der Waals surface area contributed by atoms with Crippen molar-refractivity contribution in [2.24, 2.45) is 0 Å². The van der Waals surface area contributed by atoms with Crippen molar-refractivity contribution in [3.63, 3.8) is 0 Å². The summed E-state index contributed by atoms with van der Waals surface area (Å²) in [5, 5.41) is 3.73. The Labute approximate surface area is 75.2 Å². The van der Waals surface area contributed by atoms with Gasteiger partial charge in [-0.05, 0) is 25.7 Å². The molecule has 12 heavy (non-hydrogen) atoms. The van der Waals surface area contributed by atoms with Crippen LogP contribution in [0.2, 0.25) is 0 Å². The lowest BCUT2D eigenvalue weighted by atomic mass is 9.95. The van der Waals surface area contributed by atoms with Crippen molar-refractivity contribution in [3.8, 4) is 0 Å². The molecule has 2 rings (SSSR count). The van der Waals surface area contributed by atoms with Crippen molar-refractivity contribution in [1.82, 2.24) is 5.32 Å². The van der Waals surface area contributed by atoms with E-state index >= 15 is 0 Å². The van der Waals surface area contributed by atoms with Crippen molar-refractivity contribution >= 4 is 0 Å². The molecular weight excluding hydrogens is 146 g/mol. The third-order valence-electron chi connectivity index (χ3n) is 3.07. The molecule has 0 saturated heterocycles. The van der Waals surface area contributed by atoms with Gasteiger partial charge in [-0.1, -0.05) is 31.4 Å². The smallest absolute Gasteiger partial charge is 0.0255 e. The minimum atomic E-state index is 0.702. The highest BCUT2D eigenvalue weighted by Gasteiger charge is 2.17. The first-order chi connectivity index (χ1) is 5.95. The van der Waals surface area contributed by atoms with Gasteiger partial charge in [-0.3, -0.25) is 0 Å². The number of nitrogens with one attached hydrogen (secondary N) is 1. The normalized spacial score (nSPS) is 31.2. The molecule has 1 unspecified atom stereocenters. The second-order valence-corrected chi connectivity index (χ2v) is 4.11. The van der Waals surface area contributed by atoms with Crippen LogP contribution in [0.3, 0.4) is 0 Å². The number of rotatable bonds is 2. The van der Waals surface area contributed by atoms with Crippen LogP contribution < -0.4 is 5.32 Å². The molecule has 1 saturated carbocycles. The lowest BCUT2D eigenvalue weighted by molar-refractivity contribution is 0.353. The molecule has 0 aliphatic heterocycles. The molecule has 0 bridgehead atoms. The van der Waals surface area contributed by atoms with Gasteiger partial charge in [-0.25, -0.2) is 0 Å². The molecule has 0 aromatic carbocycles. The standard InChI is InChI=1S/C11H19N/c1-2-6-10(7-3-1)12-11-8-4-5-9-11/h4,8,10-12H,1-3,5-7,9H2. The maximum absolute atomic E-state index is 3.73. The molecule has 68 valence electrons. The van der Waals surface area contributed by atoms with E-state index in [-0.39, 0.29) is 0 Å². The lowest BCUT2D eigenvalue weighted by Gasteiger charge is -2.25. The van der Waals surface area contributed by atoms with Crippen LogP contribution in [0.5, 0.6) is 0 Å². The van der Waals surface area contributed by atoms with Gasteiger partial charge in [0.05, 0.1) is 0 Å². The molecule has 0 aromatic rings. The van der Waals surface area contributed by atoms with Crippen LogP contribution in [0.25, 0.3) is 0 Å². The molecular formula is C11H19N. The lowest BCUT2D eigenvalue weighted by Crippen LogP contribution is -2.37. The first kappa shape index (κ1) is 8.31. The van der Waals surface area contributed by atoms with Crippen LogP contribution in [0, 0.1) is 0 Å². The summed E-state index contributed by atoms with van der Waals surface area (Å²) >= 11 is 0. The van der Waals surface area contributed by atoms with Gasteiger partial charge in [0.25, 0.3) is 0 Å². The summed E-state index contributed by atoms with van der Waals surface area (Å²) in [4.78, 5) is 0. The van der Waals surface area contributed by atoms with Crippen molar-refractivity contribution in [2.75, 3.05) is 0 Å². The van der Waals surface area contributed by atoms with E-state index in [1.165, 1.54) is 44.9 Å². The largest absolute Gasteiger partial charge is 0.308 e. The fourth-order valence-electron chi connectivity index (χ4n) is 2.34. The molecule has 0 heterocycles. The van der Waals surface area contributed by atoms with E-state index in [1.54, 1.807) is 0 Å². The molecule has 1 heteroatoms. The first-order valence-corrected chi connectivity index (χ1v) is 5.38. The third-order valence-corrected chi connectivity index (χ3v) is 3.07. The summed E-state index contributed by atoms with van der Waals surface area (Å²) in [6.07, 6.45) is 14.4. The van der Waals surface area contributed by atoms with E-state index in [1.807, 2.05) is 0 Å². The number of hydrogen-bond donors (Lipinski definition) is 1. The van der Waals surface area contributed by atoms with Crippen molar-refractivity contribution in [3.05, 3.63) is 12.2 Å². The Balaban J connectivity index is 1.73. The zero-order valence-corrected chi connectivity index (χ0v) is 7.76. The van der Waals surface area contributed by atoms with Gasteiger partial charge in [0.15, 0.2) is 0 Å². The Morgan fingerprint density at radius 2 is 1.83 bits per heavy atom. The van der Waals surface area contributed by atoms with Crippen molar-refractivity contribution < 1.29 is 0 Å². The maximum Gasteiger partial charge on any atom is 0.0255 e. The van der Waals surface area contributed by atoms with Gasteiger partial charge in [0.2, 0.25) is 0 Å². The molecule has 1 atom stereocenters. The molecule has 2 aliphatic rings. The zero-order chi connectivity index (χ0) is 8.23. The predicted octanol–water partition coefficient (Wildman–Crippen LogP) is 2.63. The predicted molar refractivity (Wildman–Crippen MR) is 52.2 cm³/mol. The quantitative estimate of drug-likeness (QED) is 0.620. The topological polar surface area (TPSA) is 12.0 Å². The van der Waals surface area contributed by atoms with E-state index in [2.05, 4.69) is 17.5 Å². The Bertz CT molecular complexity index is 156. The van der Waals surface area contributed by atoms with Crippen LogP contribution in [0.1, 0.15) is 44.9 Å². The first-order valence-electron chi connectivity index (χ1n) is 5.38. The zero-order valence-electron chi connectivity index (χ0n) is 7.76. The summed E-state index contributed by atoms with van der Waals surface area (Å²) in [6, 6.07) is 1.53. The summed E-state index contributed by atoms with van der Waals surface area (Å²) in [5.41, 5.74) is 0. The highest BCUT2D eigenvalue weighted by Crippen LogP contribution is 2.19. The number of hydrogen-bond acceptors (Lipinski definition) is 1. The van der Waals surface area contributed by atoms with Crippen LogP contribution >= 0.6 is 0 Å². The molecule has 1 nitrogen and oxygen atoms in total. The average molecular weight is 165 g/mol. The molecule has 1 N–H and O–H groups in total. The molecule has 0 radical (unpaired) electrons. The third kappa shape index (κ3) is 2.10. The summed E-state index contributed by atoms with van der Waals surface area (Å²) < 4.78 is 0. The molecule has 2 aliphatic carbocycles. The summed E-state index contributed by atoms with van der Waals surface area (Å²) in [5.74, 6) is 0. The molecule has 0 aromatic heterocycles. The van der Waals surface area contributed by atoms with E-state index in [4.69, 9.17) is 0 Å². The molecule has 0 amide bonds. The van der Waals surface area contributed by atoms with E-state index in [0.717, 1.165) is 6.04 Å². The Hall–Kier alpha value is -0.300. The van der Waals surface area contributed by atoms with Gasteiger partial charge in [0.1, 0.15) is 0 Å². The van der Waals surface area contributed by atoms with Gasteiger partial charge in [0, 0.05) is 12.1 Å². The van der Waals surface area contributed by atoms with E-state index < -0.39 is 0 Å². The van der Waals surface area contributed by atoms with Crippen LogP contribution in [0.4, 0.5) is 0 Å². The van der Waals surface area contributed by atoms with Crippen molar-refractivity contribution in [2.45, 2.75) is 57.0 Å². The summed E-state index contributed by atoms with van der Waals surface area (Å²) in [7, 11) is 0. The highest BCUT2D eigenvalue weighted by molar-refractivity contribution is 5.01. The van der Waals surface area contributed by atoms with Gasteiger partial charge in [-0.2, -0.15) is 0 Å². The Kier molecular flexibility index (Phi) is 2.83. The van der Waals surface area contributed by atoms with Gasteiger partial charge in [-0.15, -0.1) is 0 Å². The minimum Gasteiger partial charge on any atom is -0.308 e. The SMILES string of the molecule is C1=CC(NC2CCCCC2)CC1. The minimum absolute atomic E-state index is 0.702.